The monoisotopic (exact) mass is 479 g/mol. The summed E-state index contributed by atoms with van der Waals surface area (Å²) in [4.78, 5) is 9.41. The van der Waals surface area contributed by atoms with Crippen LogP contribution in [0.1, 0.15) is 32.4 Å². The summed E-state index contributed by atoms with van der Waals surface area (Å²) in [6.07, 6.45) is 0. The summed E-state index contributed by atoms with van der Waals surface area (Å²) >= 11 is 11.9. The van der Waals surface area contributed by atoms with E-state index in [0.717, 1.165) is 31.7 Å². The highest BCUT2D eigenvalue weighted by Gasteiger charge is 2.16. The van der Waals surface area contributed by atoms with Crippen LogP contribution < -0.4 is 5.32 Å². The van der Waals surface area contributed by atoms with Gasteiger partial charge < -0.3 is 5.32 Å². The minimum atomic E-state index is 0.335. The van der Waals surface area contributed by atoms with Crippen molar-refractivity contribution < 1.29 is 0 Å². The van der Waals surface area contributed by atoms with Crippen molar-refractivity contribution in [2.45, 2.75) is 26.7 Å². The Labute approximate surface area is 152 Å². The van der Waals surface area contributed by atoms with Gasteiger partial charge in [-0.1, -0.05) is 25.4 Å². The van der Waals surface area contributed by atoms with E-state index in [-0.39, 0.29) is 0 Å². The molecular formula is C15H16BrClIN3. The number of benzene rings is 1. The number of nitrogens with one attached hydrogen (secondary N) is 1. The molecule has 21 heavy (non-hydrogen) atoms. The molecule has 0 aliphatic heterocycles. The molecule has 1 N–H and O–H groups in total. The van der Waals surface area contributed by atoms with Crippen molar-refractivity contribution in [3.05, 3.63) is 37.0 Å². The predicted molar refractivity (Wildman–Crippen MR) is 101 cm³/mol. The molecule has 112 valence electrons. The molecule has 0 spiro atoms. The summed E-state index contributed by atoms with van der Waals surface area (Å²) in [6, 6.07) is 5.65. The second-order valence-corrected chi connectivity index (χ2v) is 7.27. The van der Waals surface area contributed by atoms with E-state index >= 15 is 0 Å². The fraction of sp³-hybridized carbons (Fsp3) is 0.333. The number of anilines is 1. The topological polar surface area (TPSA) is 37.8 Å². The molecule has 1 aromatic carbocycles. The summed E-state index contributed by atoms with van der Waals surface area (Å²) in [7, 11) is 0. The standard InChI is InChI=1S/C15H16BrClIN3/c1-4-19-15-12(18)13(8(2)3)20-14(21-15)10-6-5-9(17)7-11(10)16/h5-8H,4H2,1-3H3,(H,19,20,21). The van der Waals surface area contributed by atoms with Gasteiger partial charge in [0.05, 0.1) is 9.26 Å². The zero-order chi connectivity index (χ0) is 15.6. The van der Waals surface area contributed by atoms with Crippen LogP contribution in [-0.2, 0) is 0 Å². The van der Waals surface area contributed by atoms with Gasteiger partial charge in [-0.15, -0.1) is 0 Å². The van der Waals surface area contributed by atoms with Crippen molar-refractivity contribution in [1.82, 2.24) is 9.97 Å². The fourth-order valence-electron chi connectivity index (χ4n) is 1.92. The average molecular weight is 481 g/mol. The molecule has 0 atom stereocenters. The molecule has 0 aliphatic carbocycles. The number of halogens is 3. The van der Waals surface area contributed by atoms with Gasteiger partial charge in [-0.25, -0.2) is 9.97 Å². The molecule has 0 bridgehead atoms. The minimum absolute atomic E-state index is 0.335. The fourth-order valence-corrected chi connectivity index (χ4v) is 3.84. The van der Waals surface area contributed by atoms with Gasteiger partial charge in [0.2, 0.25) is 0 Å². The van der Waals surface area contributed by atoms with Crippen LogP contribution >= 0.6 is 50.1 Å². The molecule has 0 fully saturated rings. The summed E-state index contributed by atoms with van der Waals surface area (Å²) < 4.78 is 1.98. The van der Waals surface area contributed by atoms with Crippen molar-refractivity contribution in [3.8, 4) is 11.4 Å². The quantitative estimate of drug-likeness (QED) is 0.569. The normalized spacial score (nSPS) is 11.0. The van der Waals surface area contributed by atoms with E-state index in [1.807, 2.05) is 18.2 Å². The van der Waals surface area contributed by atoms with Gasteiger partial charge in [0.15, 0.2) is 5.82 Å². The lowest BCUT2D eigenvalue weighted by atomic mass is 10.1. The highest BCUT2D eigenvalue weighted by atomic mass is 127. The maximum Gasteiger partial charge on any atom is 0.162 e. The van der Waals surface area contributed by atoms with Crippen LogP contribution in [0.3, 0.4) is 0 Å². The Balaban J connectivity index is 2.62. The maximum atomic E-state index is 6.01. The molecule has 2 aromatic rings. The van der Waals surface area contributed by atoms with E-state index in [2.05, 4.69) is 69.6 Å². The van der Waals surface area contributed by atoms with Crippen LogP contribution in [0.2, 0.25) is 5.02 Å². The van der Waals surface area contributed by atoms with Crippen LogP contribution in [0.5, 0.6) is 0 Å². The van der Waals surface area contributed by atoms with Gasteiger partial charge in [-0.3, -0.25) is 0 Å². The third kappa shape index (κ3) is 3.87. The van der Waals surface area contributed by atoms with Crippen molar-refractivity contribution in [2.75, 3.05) is 11.9 Å². The van der Waals surface area contributed by atoms with Crippen molar-refractivity contribution in [2.24, 2.45) is 0 Å². The second kappa shape index (κ2) is 7.24. The molecule has 0 saturated heterocycles. The van der Waals surface area contributed by atoms with Gasteiger partial charge >= 0.3 is 0 Å². The lowest BCUT2D eigenvalue weighted by Gasteiger charge is -2.15. The Morgan fingerprint density at radius 2 is 2.05 bits per heavy atom. The minimum Gasteiger partial charge on any atom is -0.369 e. The molecule has 1 aromatic heterocycles. The number of hydrogen-bond acceptors (Lipinski definition) is 3. The summed E-state index contributed by atoms with van der Waals surface area (Å²) in [5.41, 5.74) is 2.00. The zero-order valence-electron chi connectivity index (χ0n) is 12.0. The van der Waals surface area contributed by atoms with E-state index in [9.17, 15) is 0 Å². The Morgan fingerprint density at radius 3 is 2.62 bits per heavy atom. The van der Waals surface area contributed by atoms with E-state index in [4.69, 9.17) is 16.6 Å². The Kier molecular flexibility index (Phi) is 5.85. The average Bonchev–Trinajstić information content (AvgIpc) is 2.41. The molecular weight excluding hydrogens is 464 g/mol. The first-order chi connectivity index (χ1) is 9.93. The smallest absolute Gasteiger partial charge is 0.162 e. The second-order valence-electron chi connectivity index (χ2n) is 4.90. The van der Waals surface area contributed by atoms with E-state index in [1.165, 1.54) is 0 Å². The largest absolute Gasteiger partial charge is 0.369 e. The Hall–Kier alpha value is -0.400. The molecule has 1 heterocycles. The van der Waals surface area contributed by atoms with Crippen LogP contribution in [-0.4, -0.2) is 16.5 Å². The number of hydrogen-bond donors (Lipinski definition) is 1. The molecule has 0 unspecified atom stereocenters. The van der Waals surface area contributed by atoms with Gasteiger partial charge in [-0.2, -0.15) is 0 Å². The van der Waals surface area contributed by atoms with Crippen LogP contribution in [0.25, 0.3) is 11.4 Å². The van der Waals surface area contributed by atoms with E-state index in [0.29, 0.717) is 16.8 Å². The zero-order valence-corrected chi connectivity index (χ0v) is 16.5. The van der Waals surface area contributed by atoms with Crippen molar-refractivity contribution >= 4 is 55.9 Å². The maximum absolute atomic E-state index is 6.01. The Bertz CT molecular complexity index is 662. The third-order valence-corrected chi connectivity index (χ3v) is 4.89. The molecule has 0 aliphatic rings. The number of aromatic nitrogens is 2. The SMILES string of the molecule is CCNc1nc(-c2ccc(Cl)cc2Br)nc(C(C)C)c1I. The summed E-state index contributed by atoms with van der Waals surface area (Å²) in [5, 5.41) is 4.00. The van der Waals surface area contributed by atoms with E-state index < -0.39 is 0 Å². The van der Waals surface area contributed by atoms with Crippen molar-refractivity contribution in [3.63, 3.8) is 0 Å². The molecule has 3 nitrogen and oxygen atoms in total. The molecule has 0 saturated carbocycles. The number of nitrogens with zero attached hydrogens (tertiary/aromatic N) is 2. The van der Waals surface area contributed by atoms with Crippen LogP contribution in [0, 0.1) is 3.57 Å². The summed E-state index contributed by atoms with van der Waals surface area (Å²) in [5.74, 6) is 1.93. The first-order valence-electron chi connectivity index (χ1n) is 6.70. The van der Waals surface area contributed by atoms with Gasteiger partial charge in [0.25, 0.3) is 0 Å². The van der Waals surface area contributed by atoms with Gasteiger partial charge in [-0.05, 0) is 69.6 Å². The van der Waals surface area contributed by atoms with Gasteiger partial charge in [0.1, 0.15) is 5.82 Å². The van der Waals surface area contributed by atoms with Gasteiger partial charge in [0, 0.05) is 21.6 Å². The lowest BCUT2D eigenvalue weighted by Crippen LogP contribution is -2.09. The first-order valence-corrected chi connectivity index (χ1v) is 8.95. The summed E-state index contributed by atoms with van der Waals surface area (Å²) in [6.45, 7) is 7.17. The molecule has 6 heteroatoms. The van der Waals surface area contributed by atoms with Crippen molar-refractivity contribution in [1.29, 1.82) is 0 Å². The molecule has 0 radical (unpaired) electrons. The van der Waals surface area contributed by atoms with E-state index in [1.54, 1.807) is 0 Å². The Morgan fingerprint density at radius 1 is 1.33 bits per heavy atom. The van der Waals surface area contributed by atoms with Crippen LogP contribution in [0.4, 0.5) is 5.82 Å². The number of rotatable bonds is 4. The highest BCUT2D eigenvalue weighted by molar-refractivity contribution is 14.1. The first kappa shape index (κ1) is 17.0. The van der Waals surface area contributed by atoms with Crippen LogP contribution in [0.15, 0.2) is 22.7 Å². The highest BCUT2D eigenvalue weighted by Crippen LogP contribution is 2.32. The molecule has 2 rings (SSSR count). The lowest BCUT2D eigenvalue weighted by molar-refractivity contribution is 0.808. The predicted octanol–water partition coefficient (Wildman–Crippen LogP) is 5.72. The third-order valence-electron chi connectivity index (χ3n) is 2.94. The molecule has 0 amide bonds.